The number of imide groups is 1. The lowest BCUT2D eigenvalue weighted by atomic mass is 9.79. The van der Waals surface area contributed by atoms with E-state index >= 15 is 0 Å². The minimum Gasteiger partial charge on any atom is -0.366 e. The standard InChI is InChI=1S/C27H31ClN4O3/c1-5-11-32-23-14-21(28)18(12-20(23)17(2)15-27(32,3)4)13-22-25(34)31(26(35)30-22)16-24(33)29-19-9-7-6-8-10-19/h6-10,12-14,17H,5,11,15-16H2,1-4H3,(H,29,33)(H,30,35)/b22-13+. The smallest absolute Gasteiger partial charge is 0.329 e. The zero-order chi connectivity index (χ0) is 25.3. The molecule has 8 heteroatoms. The van der Waals surface area contributed by atoms with Crippen LogP contribution in [-0.4, -0.2) is 41.4 Å². The number of halogens is 1. The van der Waals surface area contributed by atoms with Gasteiger partial charge < -0.3 is 15.5 Å². The van der Waals surface area contributed by atoms with E-state index < -0.39 is 17.8 Å². The maximum absolute atomic E-state index is 12.9. The molecule has 0 aliphatic carbocycles. The monoisotopic (exact) mass is 494 g/mol. The average molecular weight is 495 g/mol. The number of anilines is 2. The molecule has 4 amide bonds. The lowest BCUT2D eigenvalue weighted by Crippen LogP contribution is -2.48. The number of amides is 4. The van der Waals surface area contributed by atoms with Crippen LogP contribution in [0.2, 0.25) is 5.02 Å². The number of carbonyl (C=O) groups is 3. The SMILES string of the molecule is CCCN1c2cc(Cl)c(/C=C3/NC(=O)N(CC(=O)Nc4ccccc4)C3=O)cc2C(C)CC1(C)C. The highest BCUT2D eigenvalue weighted by Gasteiger charge is 2.37. The minimum atomic E-state index is -0.636. The maximum Gasteiger partial charge on any atom is 0.329 e. The summed E-state index contributed by atoms with van der Waals surface area (Å²) in [5, 5.41) is 5.77. The van der Waals surface area contributed by atoms with Crippen molar-refractivity contribution in [1.29, 1.82) is 0 Å². The van der Waals surface area contributed by atoms with Gasteiger partial charge in [0.05, 0.1) is 0 Å². The molecule has 0 saturated carbocycles. The zero-order valence-electron chi connectivity index (χ0n) is 20.5. The summed E-state index contributed by atoms with van der Waals surface area (Å²) in [7, 11) is 0. The van der Waals surface area contributed by atoms with Crippen LogP contribution in [-0.2, 0) is 9.59 Å². The first-order valence-corrected chi connectivity index (χ1v) is 12.3. The fourth-order valence-electron chi connectivity index (χ4n) is 5.01. The molecule has 2 aromatic rings. The van der Waals surface area contributed by atoms with Crippen LogP contribution in [0.3, 0.4) is 0 Å². The van der Waals surface area contributed by atoms with Gasteiger partial charge in [0.15, 0.2) is 0 Å². The lowest BCUT2D eigenvalue weighted by molar-refractivity contribution is -0.127. The third kappa shape index (κ3) is 5.05. The Morgan fingerprint density at radius 1 is 1.23 bits per heavy atom. The van der Waals surface area contributed by atoms with Crippen molar-refractivity contribution in [3.8, 4) is 0 Å². The third-order valence-electron chi connectivity index (χ3n) is 6.57. The van der Waals surface area contributed by atoms with Gasteiger partial charge >= 0.3 is 6.03 Å². The fourth-order valence-corrected chi connectivity index (χ4v) is 5.23. The number of nitrogens with one attached hydrogen (secondary N) is 2. The number of urea groups is 1. The number of rotatable bonds is 6. The zero-order valence-corrected chi connectivity index (χ0v) is 21.3. The number of fused-ring (bicyclic) bond motifs is 1. The fraction of sp³-hybridized carbons (Fsp3) is 0.370. The molecule has 2 aliphatic heterocycles. The molecule has 1 unspecified atom stereocenters. The summed E-state index contributed by atoms with van der Waals surface area (Å²) in [6, 6.07) is 12.2. The Labute approximate surface area is 211 Å². The van der Waals surface area contributed by atoms with E-state index in [-0.39, 0.29) is 17.8 Å². The van der Waals surface area contributed by atoms with Crippen LogP contribution in [0.4, 0.5) is 16.2 Å². The molecule has 2 N–H and O–H groups in total. The van der Waals surface area contributed by atoms with Crippen molar-refractivity contribution in [1.82, 2.24) is 10.2 Å². The van der Waals surface area contributed by atoms with E-state index in [1.165, 1.54) is 5.56 Å². The largest absolute Gasteiger partial charge is 0.366 e. The quantitative estimate of drug-likeness (QED) is 0.417. The van der Waals surface area contributed by atoms with Crippen molar-refractivity contribution in [2.75, 3.05) is 23.3 Å². The maximum atomic E-state index is 12.9. The number of hydrogen-bond acceptors (Lipinski definition) is 4. The molecule has 0 aromatic heterocycles. The molecule has 2 aromatic carbocycles. The molecule has 0 spiro atoms. The van der Waals surface area contributed by atoms with E-state index in [1.807, 2.05) is 18.2 Å². The summed E-state index contributed by atoms with van der Waals surface area (Å²) in [6.45, 7) is 9.41. The Bertz CT molecular complexity index is 1190. The minimum absolute atomic E-state index is 0.0158. The summed E-state index contributed by atoms with van der Waals surface area (Å²) >= 11 is 6.67. The van der Waals surface area contributed by atoms with Crippen LogP contribution in [0.15, 0.2) is 48.2 Å². The van der Waals surface area contributed by atoms with Gasteiger partial charge in [-0.25, -0.2) is 9.69 Å². The predicted octanol–water partition coefficient (Wildman–Crippen LogP) is 5.37. The van der Waals surface area contributed by atoms with Crippen molar-refractivity contribution >= 4 is 46.9 Å². The Morgan fingerprint density at radius 3 is 2.63 bits per heavy atom. The molecule has 1 fully saturated rings. The molecule has 1 saturated heterocycles. The Morgan fingerprint density at radius 2 is 1.94 bits per heavy atom. The predicted molar refractivity (Wildman–Crippen MR) is 139 cm³/mol. The van der Waals surface area contributed by atoms with Crippen LogP contribution < -0.4 is 15.5 Å². The molecule has 35 heavy (non-hydrogen) atoms. The van der Waals surface area contributed by atoms with E-state index in [0.717, 1.165) is 30.0 Å². The van der Waals surface area contributed by atoms with Crippen LogP contribution in [0.5, 0.6) is 0 Å². The molecule has 2 aliphatic rings. The first-order chi connectivity index (χ1) is 16.6. The summed E-state index contributed by atoms with van der Waals surface area (Å²) in [5.41, 5.74) is 3.65. The number of carbonyl (C=O) groups excluding carboxylic acids is 3. The summed E-state index contributed by atoms with van der Waals surface area (Å²) in [6.07, 6.45) is 3.61. The Hall–Kier alpha value is -3.32. The number of hydrogen-bond donors (Lipinski definition) is 2. The van der Waals surface area contributed by atoms with Crippen LogP contribution >= 0.6 is 11.6 Å². The van der Waals surface area contributed by atoms with Gasteiger partial charge in [-0.05, 0) is 74.1 Å². The molecule has 0 radical (unpaired) electrons. The van der Waals surface area contributed by atoms with Crippen LogP contribution in [0.25, 0.3) is 6.08 Å². The topological polar surface area (TPSA) is 81.8 Å². The summed E-state index contributed by atoms with van der Waals surface area (Å²) in [5.74, 6) is -0.705. The van der Waals surface area contributed by atoms with E-state index in [9.17, 15) is 14.4 Å². The normalized spacial score (nSPS) is 20.1. The van der Waals surface area contributed by atoms with Crippen LogP contribution in [0, 0.1) is 0 Å². The van der Waals surface area contributed by atoms with E-state index in [0.29, 0.717) is 22.2 Å². The van der Waals surface area contributed by atoms with Gasteiger partial charge in [0.25, 0.3) is 5.91 Å². The van der Waals surface area contributed by atoms with E-state index in [4.69, 9.17) is 11.6 Å². The van der Waals surface area contributed by atoms with Gasteiger partial charge in [-0.3, -0.25) is 9.59 Å². The average Bonchev–Trinajstić information content (AvgIpc) is 3.05. The van der Waals surface area contributed by atoms with Crippen molar-refractivity contribution in [2.45, 2.75) is 52.0 Å². The molecule has 1 atom stereocenters. The molecule has 184 valence electrons. The van der Waals surface area contributed by atoms with Gasteiger partial charge in [-0.15, -0.1) is 0 Å². The number of para-hydroxylation sites is 1. The highest BCUT2D eigenvalue weighted by atomic mass is 35.5. The highest BCUT2D eigenvalue weighted by molar-refractivity contribution is 6.32. The van der Waals surface area contributed by atoms with Crippen LogP contribution in [0.1, 0.15) is 57.6 Å². The van der Waals surface area contributed by atoms with Crippen molar-refractivity contribution < 1.29 is 14.4 Å². The lowest BCUT2D eigenvalue weighted by Gasteiger charge is -2.47. The second kappa shape index (κ2) is 9.74. The second-order valence-corrected chi connectivity index (χ2v) is 10.2. The third-order valence-corrected chi connectivity index (χ3v) is 6.90. The molecular formula is C27H31ClN4O3. The molecular weight excluding hydrogens is 464 g/mol. The first-order valence-electron chi connectivity index (χ1n) is 11.9. The van der Waals surface area contributed by atoms with Crippen molar-refractivity contribution in [3.63, 3.8) is 0 Å². The summed E-state index contributed by atoms with van der Waals surface area (Å²) < 4.78 is 0. The van der Waals surface area contributed by atoms with Gasteiger partial charge in [0.2, 0.25) is 5.91 Å². The van der Waals surface area contributed by atoms with Gasteiger partial charge in [-0.1, -0.05) is 43.6 Å². The van der Waals surface area contributed by atoms with Gasteiger partial charge in [0, 0.05) is 28.5 Å². The molecule has 2 heterocycles. The van der Waals surface area contributed by atoms with Crippen molar-refractivity contribution in [3.05, 3.63) is 64.3 Å². The van der Waals surface area contributed by atoms with Crippen molar-refractivity contribution in [2.24, 2.45) is 0 Å². The second-order valence-electron chi connectivity index (χ2n) is 9.80. The number of benzene rings is 2. The highest BCUT2D eigenvalue weighted by Crippen LogP contribution is 2.45. The van der Waals surface area contributed by atoms with Gasteiger partial charge in [-0.2, -0.15) is 0 Å². The Balaban J connectivity index is 1.57. The molecule has 0 bridgehead atoms. The van der Waals surface area contributed by atoms with E-state index in [1.54, 1.807) is 30.3 Å². The first kappa shape index (κ1) is 24.8. The molecule has 4 rings (SSSR count). The molecule has 7 nitrogen and oxygen atoms in total. The summed E-state index contributed by atoms with van der Waals surface area (Å²) in [4.78, 5) is 41.1. The Kier molecular flexibility index (Phi) is 6.90. The van der Waals surface area contributed by atoms with Gasteiger partial charge in [0.1, 0.15) is 12.2 Å². The van der Waals surface area contributed by atoms with E-state index in [2.05, 4.69) is 43.2 Å². The number of nitrogens with zero attached hydrogens (tertiary/aromatic N) is 2.